The van der Waals surface area contributed by atoms with Crippen LogP contribution in [0.25, 0.3) is 11.4 Å². The standard InChI is InChI=1S/C21H19F4N5O/c1-31-17-3-2-15(12-16(17)22)29-8-10-30(11-9-29)19-13-18(21(23,24)25)27-20(28-19)14-4-6-26-7-5-14/h2-7,12-13H,8-11H2,1H3. The molecule has 0 unspecified atom stereocenters. The number of hydrogen-bond donors (Lipinski definition) is 0. The molecule has 1 saturated heterocycles. The first-order valence-electron chi connectivity index (χ1n) is 9.55. The Labute approximate surface area is 176 Å². The lowest BCUT2D eigenvalue weighted by Crippen LogP contribution is -2.47. The Balaban J connectivity index is 1.57. The van der Waals surface area contributed by atoms with Gasteiger partial charge in [-0.05, 0) is 24.3 Å². The van der Waals surface area contributed by atoms with E-state index in [0.717, 1.165) is 6.07 Å². The van der Waals surface area contributed by atoms with Crippen LogP contribution in [-0.2, 0) is 6.18 Å². The Kier molecular flexibility index (Phi) is 5.62. The van der Waals surface area contributed by atoms with Crippen LogP contribution < -0.4 is 14.5 Å². The molecule has 1 aliphatic heterocycles. The number of piperazine rings is 1. The smallest absolute Gasteiger partial charge is 0.433 e. The SMILES string of the molecule is COc1ccc(N2CCN(c3cc(C(F)(F)F)nc(-c4ccncc4)n3)CC2)cc1F. The third-order valence-corrected chi connectivity index (χ3v) is 5.05. The van der Waals surface area contributed by atoms with Gasteiger partial charge in [0.15, 0.2) is 23.1 Å². The molecule has 2 aromatic heterocycles. The van der Waals surface area contributed by atoms with E-state index in [9.17, 15) is 17.6 Å². The highest BCUT2D eigenvalue weighted by molar-refractivity contribution is 5.58. The van der Waals surface area contributed by atoms with Gasteiger partial charge in [0.2, 0.25) is 0 Å². The summed E-state index contributed by atoms with van der Waals surface area (Å²) in [4.78, 5) is 15.7. The summed E-state index contributed by atoms with van der Waals surface area (Å²) in [5.74, 6) is -0.108. The molecule has 3 heterocycles. The van der Waals surface area contributed by atoms with E-state index >= 15 is 0 Å². The van der Waals surface area contributed by atoms with Crippen molar-refractivity contribution in [3.05, 3.63) is 60.3 Å². The molecule has 0 atom stereocenters. The minimum Gasteiger partial charge on any atom is -0.494 e. The highest BCUT2D eigenvalue weighted by atomic mass is 19.4. The molecule has 0 amide bonds. The van der Waals surface area contributed by atoms with Gasteiger partial charge in [0.05, 0.1) is 7.11 Å². The topological polar surface area (TPSA) is 54.4 Å². The largest absolute Gasteiger partial charge is 0.494 e. The minimum absolute atomic E-state index is 0.00752. The maximum Gasteiger partial charge on any atom is 0.433 e. The van der Waals surface area contributed by atoms with Gasteiger partial charge in [-0.15, -0.1) is 0 Å². The van der Waals surface area contributed by atoms with Crippen LogP contribution in [0, 0.1) is 5.82 Å². The summed E-state index contributed by atoms with van der Waals surface area (Å²) in [5, 5.41) is 0. The molecule has 3 aromatic rings. The zero-order chi connectivity index (χ0) is 22.0. The average Bonchev–Trinajstić information content (AvgIpc) is 2.79. The van der Waals surface area contributed by atoms with E-state index < -0.39 is 17.7 Å². The first-order valence-corrected chi connectivity index (χ1v) is 9.55. The van der Waals surface area contributed by atoms with Crippen molar-refractivity contribution in [3.8, 4) is 17.1 Å². The number of aromatic nitrogens is 3. The van der Waals surface area contributed by atoms with Gasteiger partial charge in [-0.25, -0.2) is 14.4 Å². The van der Waals surface area contributed by atoms with Gasteiger partial charge in [-0.1, -0.05) is 0 Å². The molecular formula is C21H19F4N5O. The van der Waals surface area contributed by atoms with Crippen LogP contribution in [0.5, 0.6) is 5.75 Å². The third kappa shape index (κ3) is 4.52. The van der Waals surface area contributed by atoms with Crippen LogP contribution in [-0.4, -0.2) is 48.2 Å². The van der Waals surface area contributed by atoms with Crippen LogP contribution in [0.2, 0.25) is 0 Å². The number of rotatable bonds is 4. The lowest BCUT2D eigenvalue weighted by Gasteiger charge is -2.37. The zero-order valence-corrected chi connectivity index (χ0v) is 16.6. The van der Waals surface area contributed by atoms with Crippen molar-refractivity contribution >= 4 is 11.5 Å². The van der Waals surface area contributed by atoms with Crippen molar-refractivity contribution in [2.75, 3.05) is 43.1 Å². The molecule has 4 rings (SSSR count). The molecule has 0 saturated carbocycles. The maximum absolute atomic E-state index is 14.0. The van der Waals surface area contributed by atoms with Crippen LogP contribution in [0.4, 0.5) is 29.1 Å². The van der Waals surface area contributed by atoms with Crippen molar-refractivity contribution in [3.63, 3.8) is 0 Å². The van der Waals surface area contributed by atoms with Crippen LogP contribution >= 0.6 is 0 Å². The van der Waals surface area contributed by atoms with E-state index in [1.54, 1.807) is 29.2 Å². The molecule has 1 fully saturated rings. The fraction of sp³-hybridized carbons (Fsp3) is 0.286. The molecule has 0 N–H and O–H groups in total. The van der Waals surface area contributed by atoms with Crippen LogP contribution in [0.3, 0.4) is 0 Å². The molecule has 0 bridgehead atoms. The fourth-order valence-corrected chi connectivity index (χ4v) is 3.42. The Bertz CT molecular complexity index is 1050. The Hall–Kier alpha value is -3.43. The number of halogens is 4. The van der Waals surface area contributed by atoms with Crippen molar-refractivity contribution < 1.29 is 22.3 Å². The predicted octanol–water partition coefficient (Wildman–Crippen LogP) is 4.03. The molecule has 0 aliphatic carbocycles. The van der Waals surface area contributed by atoms with E-state index in [0.29, 0.717) is 37.4 Å². The highest BCUT2D eigenvalue weighted by Gasteiger charge is 2.34. The summed E-state index contributed by atoms with van der Waals surface area (Å²) in [6.07, 6.45) is -1.64. The molecule has 0 radical (unpaired) electrons. The first-order chi connectivity index (χ1) is 14.8. The summed E-state index contributed by atoms with van der Waals surface area (Å²) in [5.41, 5.74) is 0.146. The van der Waals surface area contributed by atoms with Crippen molar-refractivity contribution in [1.29, 1.82) is 0 Å². The van der Waals surface area contributed by atoms with E-state index in [-0.39, 0.29) is 17.4 Å². The molecule has 1 aliphatic rings. The number of anilines is 2. The van der Waals surface area contributed by atoms with Gasteiger partial charge >= 0.3 is 6.18 Å². The maximum atomic E-state index is 14.0. The number of benzene rings is 1. The Morgan fingerprint density at radius 1 is 0.903 bits per heavy atom. The summed E-state index contributed by atoms with van der Waals surface area (Å²) < 4.78 is 59.3. The van der Waals surface area contributed by atoms with Crippen molar-refractivity contribution in [2.24, 2.45) is 0 Å². The summed E-state index contributed by atoms with van der Waals surface area (Å²) in [6.45, 7) is 1.86. The van der Waals surface area contributed by atoms with Gasteiger partial charge < -0.3 is 14.5 Å². The Morgan fingerprint density at radius 3 is 2.19 bits per heavy atom. The molecule has 10 heteroatoms. The van der Waals surface area contributed by atoms with E-state index in [1.165, 1.54) is 25.6 Å². The number of hydrogen-bond acceptors (Lipinski definition) is 6. The van der Waals surface area contributed by atoms with Crippen LogP contribution in [0.1, 0.15) is 5.69 Å². The van der Waals surface area contributed by atoms with Gasteiger partial charge in [0.25, 0.3) is 0 Å². The molecular weight excluding hydrogens is 414 g/mol. The lowest BCUT2D eigenvalue weighted by molar-refractivity contribution is -0.141. The van der Waals surface area contributed by atoms with E-state index in [1.807, 2.05) is 4.90 Å². The minimum atomic E-state index is -4.60. The van der Waals surface area contributed by atoms with E-state index in [4.69, 9.17) is 4.74 Å². The second-order valence-electron chi connectivity index (χ2n) is 6.96. The number of ether oxygens (including phenoxy) is 1. The molecule has 0 spiro atoms. The van der Waals surface area contributed by atoms with Crippen LogP contribution in [0.15, 0.2) is 48.8 Å². The predicted molar refractivity (Wildman–Crippen MR) is 108 cm³/mol. The molecule has 6 nitrogen and oxygen atoms in total. The lowest BCUT2D eigenvalue weighted by atomic mass is 10.2. The number of alkyl halides is 3. The van der Waals surface area contributed by atoms with Crippen molar-refractivity contribution in [1.82, 2.24) is 15.0 Å². The number of methoxy groups -OCH3 is 1. The van der Waals surface area contributed by atoms with Gasteiger partial charge in [0.1, 0.15) is 5.82 Å². The molecule has 1 aromatic carbocycles. The first kappa shape index (κ1) is 20.8. The van der Waals surface area contributed by atoms with Gasteiger partial charge in [0, 0.05) is 62.0 Å². The Morgan fingerprint density at radius 2 is 1.58 bits per heavy atom. The molecule has 162 valence electrons. The van der Waals surface area contributed by atoms with Gasteiger partial charge in [-0.3, -0.25) is 4.98 Å². The average molecular weight is 433 g/mol. The highest BCUT2D eigenvalue weighted by Crippen LogP contribution is 2.32. The van der Waals surface area contributed by atoms with Crippen molar-refractivity contribution in [2.45, 2.75) is 6.18 Å². The van der Waals surface area contributed by atoms with Gasteiger partial charge in [-0.2, -0.15) is 13.2 Å². The third-order valence-electron chi connectivity index (χ3n) is 5.05. The summed E-state index contributed by atoms with van der Waals surface area (Å²) in [6, 6.07) is 8.80. The second kappa shape index (κ2) is 8.37. The second-order valence-corrected chi connectivity index (χ2v) is 6.96. The molecule has 31 heavy (non-hydrogen) atoms. The quantitative estimate of drug-likeness (QED) is 0.579. The number of pyridine rings is 1. The summed E-state index contributed by atoms with van der Waals surface area (Å²) >= 11 is 0. The fourth-order valence-electron chi connectivity index (χ4n) is 3.42. The monoisotopic (exact) mass is 433 g/mol. The normalized spacial score (nSPS) is 14.6. The zero-order valence-electron chi connectivity index (χ0n) is 16.6. The van der Waals surface area contributed by atoms with E-state index in [2.05, 4.69) is 15.0 Å². The number of nitrogens with zero attached hydrogens (tertiary/aromatic N) is 5. The summed E-state index contributed by atoms with van der Waals surface area (Å²) in [7, 11) is 1.40.